The Hall–Kier alpha value is -0.780. The van der Waals surface area contributed by atoms with E-state index in [1.807, 2.05) is 0 Å². The van der Waals surface area contributed by atoms with Crippen LogP contribution in [0.5, 0.6) is 0 Å². The summed E-state index contributed by atoms with van der Waals surface area (Å²) >= 11 is 0. The smallest absolute Gasteiger partial charge is 0.0128 e. The molecular weight excluding hydrogens is 168 g/mol. The van der Waals surface area contributed by atoms with Gasteiger partial charge in [0, 0.05) is 0 Å². The molecule has 2 bridgehead atoms. The van der Waals surface area contributed by atoms with E-state index in [2.05, 4.69) is 31.2 Å². The van der Waals surface area contributed by atoms with Crippen molar-refractivity contribution >= 4 is 0 Å². The zero-order chi connectivity index (χ0) is 9.54. The third kappa shape index (κ3) is 1.20. The molecule has 3 atom stereocenters. The molecule has 2 aliphatic carbocycles. The average Bonchev–Trinajstić information content (AvgIpc) is 2.79. The van der Waals surface area contributed by atoms with Crippen LogP contribution in [0, 0.1) is 18.8 Å². The molecule has 0 unspecified atom stereocenters. The second kappa shape index (κ2) is 3.12. The van der Waals surface area contributed by atoms with E-state index < -0.39 is 0 Å². The fraction of sp³-hybridized carbons (Fsp3) is 0.571. The van der Waals surface area contributed by atoms with Gasteiger partial charge in [-0.15, -0.1) is 0 Å². The summed E-state index contributed by atoms with van der Waals surface area (Å²) in [5.41, 5.74) is 3.14. The summed E-state index contributed by atoms with van der Waals surface area (Å²) in [4.78, 5) is 0. The molecule has 74 valence electrons. The van der Waals surface area contributed by atoms with E-state index in [1.165, 1.54) is 31.2 Å². The highest BCUT2D eigenvalue weighted by atomic mass is 14.4. The average molecular weight is 186 g/mol. The Kier molecular flexibility index (Phi) is 1.90. The third-order valence-corrected chi connectivity index (χ3v) is 4.33. The van der Waals surface area contributed by atoms with Gasteiger partial charge in [0.15, 0.2) is 0 Å². The number of aryl methyl sites for hydroxylation is 1. The minimum atomic E-state index is 0.898. The molecule has 0 amide bonds. The number of hydrogen-bond acceptors (Lipinski definition) is 0. The van der Waals surface area contributed by atoms with E-state index in [-0.39, 0.29) is 0 Å². The van der Waals surface area contributed by atoms with Crippen molar-refractivity contribution in [2.75, 3.05) is 0 Å². The van der Waals surface area contributed by atoms with Crippen LogP contribution in [0.15, 0.2) is 24.3 Å². The zero-order valence-electron chi connectivity index (χ0n) is 8.87. The molecule has 0 saturated heterocycles. The monoisotopic (exact) mass is 186 g/mol. The fourth-order valence-electron chi connectivity index (χ4n) is 3.63. The molecule has 0 heterocycles. The predicted molar refractivity (Wildman–Crippen MR) is 59.4 cm³/mol. The summed E-state index contributed by atoms with van der Waals surface area (Å²) in [5, 5.41) is 0. The zero-order valence-corrected chi connectivity index (χ0v) is 8.87. The van der Waals surface area contributed by atoms with E-state index in [0.29, 0.717) is 0 Å². The minimum absolute atomic E-state index is 0.898. The largest absolute Gasteiger partial charge is 0.0620 e. The number of hydrogen-bond donors (Lipinski definition) is 0. The van der Waals surface area contributed by atoms with Gasteiger partial charge in [-0.25, -0.2) is 0 Å². The Balaban J connectivity index is 1.93. The third-order valence-electron chi connectivity index (χ3n) is 4.33. The van der Waals surface area contributed by atoms with Crippen LogP contribution < -0.4 is 0 Å². The van der Waals surface area contributed by atoms with Crippen molar-refractivity contribution in [3.05, 3.63) is 35.4 Å². The summed E-state index contributed by atoms with van der Waals surface area (Å²) in [6.07, 6.45) is 5.98. The maximum atomic E-state index is 2.35. The van der Waals surface area contributed by atoms with Crippen molar-refractivity contribution in [3.8, 4) is 0 Å². The van der Waals surface area contributed by atoms with E-state index in [0.717, 1.165) is 17.8 Å². The molecule has 2 fully saturated rings. The van der Waals surface area contributed by atoms with Gasteiger partial charge in [-0.1, -0.05) is 30.7 Å². The lowest BCUT2D eigenvalue weighted by atomic mass is 9.82. The van der Waals surface area contributed by atoms with Crippen LogP contribution in [0.3, 0.4) is 0 Å². The Morgan fingerprint density at radius 1 is 1.07 bits per heavy atom. The predicted octanol–water partition coefficient (Wildman–Crippen LogP) is 3.90. The van der Waals surface area contributed by atoms with Crippen molar-refractivity contribution in [2.45, 2.75) is 38.5 Å². The normalized spacial score (nSPS) is 35.1. The van der Waals surface area contributed by atoms with Crippen molar-refractivity contribution < 1.29 is 0 Å². The first kappa shape index (κ1) is 8.52. The van der Waals surface area contributed by atoms with Crippen molar-refractivity contribution in [2.24, 2.45) is 11.8 Å². The molecule has 0 radical (unpaired) electrons. The summed E-state index contributed by atoms with van der Waals surface area (Å²) in [6, 6.07) is 8.97. The molecule has 2 saturated carbocycles. The van der Waals surface area contributed by atoms with Gasteiger partial charge in [0.25, 0.3) is 0 Å². The summed E-state index contributed by atoms with van der Waals surface area (Å²) in [5.74, 6) is 2.97. The van der Waals surface area contributed by atoms with Gasteiger partial charge in [0.05, 0.1) is 0 Å². The lowest BCUT2D eigenvalue weighted by Crippen LogP contribution is -2.09. The summed E-state index contributed by atoms with van der Waals surface area (Å²) in [6.45, 7) is 2.27. The van der Waals surface area contributed by atoms with E-state index in [9.17, 15) is 0 Å². The topological polar surface area (TPSA) is 0 Å². The van der Waals surface area contributed by atoms with Crippen LogP contribution in [0.2, 0.25) is 0 Å². The van der Waals surface area contributed by atoms with Crippen LogP contribution in [-0.2, 0) is 0 Å². The maximum absolute atomic E-state index is 2.35. The molecule has 0 heteroatoms. The molecule has 1 aromatic carbocycles. The first-order valence-corrected chi connectivity index (χ1v) is 5.90. The summed E-state index contributed by atoms with van der Waals surface area (Å²) in [7, 11) is 0. The van der Waals surface area contributed by atoms with Crippen LogP contribution in [0.4, 0.5) is 0 Å². The Morgan fingerprint density at radius 3 is 2.57 bits per heavy atom. The van der Waals surface area contributed by atoms with Gasteiger partial charge in [-0.2, -0.15) is 0 Å². The standard InChI is InChI=1S/C14H18/c1-10-4-2-3-5-13(10)14-9-11-6-7-12(14)8-11/h2-5,11-12,14H,6-9H2,1H3/t11-,12+,14+/m1/s1. The first-order chi connectivity index (χ1) is 6.84. The minimum Gasteiger partial charge on any atom is -0.0620 e. The van der Waals surface area contributed by atoms with Crippen LogP contribution in [-0.4, -0.2) is 0 Å². The molecular formula is C14H18. The van der Waals surface area contributed by atoms with Gasteiger partial charge >= 0.3 is 0 Å². The van der Waals surface area contributed by atoms with Crippen LogP contribution in [0.25, 0.3) is 0 Å². The molecule has 2 aliphatic rings. The highest BCUT2D eigenvalue weighted by molar-refractivity contribution is 5.31. The molecule has 1 aromatic rings. The lowest BCUT2D eigenvalue weighted by Gasteiger charge is -2.23. The van der Waals surface area contributed by atoms with Crippen molar-refractivity contribution in [1.29, 1.82) is 0 Å². The van der Waals surface area contributed by atoms with Gasteiger partial charge in [-0.05, 0) is 55.1 Å². The SMILES string of the molecule is Cc1ccccc1[C@H]1C[C@@H]2CC[C@H]1C2. The Bertz CT molecular complexity index is 340. The van der Waals surface area contributed by atoms with Gasteiger partial charge in [-0.3, -0.25) is 0 Å². The molecule has 0 aromatic heterocycles. The molecule has 0 N–H and O–H groups in total. The second-order valence-electron chi connectivity index (χ2n) is 5.14. The van der Waals surface area contributed by atoms with Gasteiger partial charge in [0.1, 0.15) is 0 Å². The lowest BCUT2D eigenvalue weighted by molar-refractivity contribution is 0.419. The molecule has 0 aliphatic heterocycles. The maximum Gasteiger partial charge on any atom is -0.0128 e. The Morgan fingerprint density at radius 2 is 1.93 bits per heavy atom. The van der Waals surface area contributed by atoms with Gasteiger partial charge < -0.3 is 0 Å². The highest BCUT2D eigenvalue weighted by Gasteiger charge is 2.40. The molecule has 0 spiro atoms. The van der Waals surface area contributed by atoms with Crippen LogP contribution >= 0.6 is 0 Å². The van der Waals surface area contributed by atoms with E-state index in [1.54, 1.807) is 5.56 Å². The second-order valence-corrected chi connectivity index (χ2v) is 5.14. The summed E-state index contributed by atoms with van der Waals surface area (Å²) < 4.78 is 0. The quantitative estimate of drug-likeness (QED) is 0.624. The Labute approximate surface area is 86.3 Å². The molecule has 14 heavy (non-hydrogen) atoms. The first-order valence-electron chi connectivity index (χ1n) is 5.90. The number of rotatable bonds is 1. The van der Waals surface area contributed by atoms with E-state index in [4.69, 9.17) is 0 Å². The number of benzene rings is 1. The number of fused-ring (bicyclic) bond motifs is 2. The van der Waals surface area contributed by atoms with Crippen molar-refractivity contribution in [3.63, 3.8) is 0 Å². The molecule has 0 nitrogen and oxygen atoms in total. The highest BCUT2D eigenvalue weighted by Crippen LogP contribution is 2.53. The van der Waals surface area contributed by atoms with Crippen molar-refractivity contribution in [1.82, 2.24) is 0 Å². The van der Waals surface area contributed by atoms with E-state index >= 15 is 0 Å². The van der Waals surface area contributed by atoms with Gasteiger partial charge in [0.2, 0.25) is 0 Å². The molecule has 3 rings (SSSR count). The fourth-order valence-corrected chi connectivity index (χ4v) is 3.63. The van der Waals surface area contributed by atoms with Crippen LogP contribution in [0.1, 0.15) is 42.7 Å².